The highest BCUT2D eigenvalue weighted by molar-refractivity contribution is 5.77. The fraction of sp³-hybridized carbons (Fsp3) is 0.316. The molecule has 1 heterocycles. The van der Waals surface area contributed by atoms with Gasteiger partial charge in [-0.05, 0) is 37.1 Å². The van der Waals surface area contributed by atoms with Crippen molar-refractivity contribution in [2.24, 2.45) is 0 Å². The zero-order valence-corrected chi connectivity index (χ0v) is 13.2. The van der Waals surface area contributed by atoms with Crippen molar-refractivity contribution in [3.05, 3.63) is 59.7 Å². The zero-order chi connectivity index (χ0) is 16.1. The lowest BCUT2D eigenvalue weighted by Gasteiger charge is -2.26. The van der Waals surface area contributed by atoms with Crippen LogP contribution < -0.4 is 14.8 Å². The highest BCUT2D eigenvalue weighted by Gasteiger charge is 2.21. The number of nitrogens with one attached hydrogen (secondary N) is 1. The van der Waals surface area contributed by atoms with E-state index in [-0.39, 0.29) is 12.5 Å². The quantitative estimate of drug-likeness (QED) is 0.923. The number of fused-ring (bicyclic) bond motifs is 1. The second kappa shape index (κ2) is 7.18. The van der Waals surface area contributed by atoms with Gasteiger partial charge in [0.1, 0.15) is 11.5 Å². The number of hydrogen-bond acceptors (Lipinski definition) is 3. The molecule has 0 saturated heterocycles. The Hall–Kier alpha value is -2.49. The molecular formula is C19H21NO3. The van der Waals surface area contributed by atoms with Crippen molar-refractivity contribution in [2.45, 2.75) is 19.3 Å². The van der Waals surface area contributed by atoms with Gasteiger partial charge in [0.05, 0.1) is 6.61 Å². The number of amides is 1. The molecule has 1 unspecified atom stereocenters. The molecule has 0 aliphatic carbocycles. The number of ether oxygens (including phenoxy) is 2. The number of benzene rings is 2. The Bertz CT molecular complexity index is 667. The second-order valence-electron chi connectivity index (χ2n) is 5.78. The van der Waals surface area contributed by atoms with E-state index < -0.39 is 0 Å². The number of carbonyl (C=O) groups excluding carboxylic acids is 1. The molecule has 0 aromatic heterocycles. The van der Waals surface area contributed by atoms with Gasteiger partial charge in [-0.15, -0.1) is 0 Å². The van der Waals surface area contributed by atoms with Gasteiger partial charge in [-0.25, -0.2) is 0 Å². The van der Waals surface area contributed by atoms with Crippen LogP contribution in [-0.2, 0) is 4.79 Å². The van der Waals surface area contributed by atoms with E-state index in [1.165, 1.54) is 11.1 Å². The van der Waals surface area contributed by atoms with Gasteiger partial charge in [0, 0.05) is 12.5 Å². The van der Waals surface area contributed by atoms with Crippen molar-refractivity contribution in [3.8, 4) is 11.5 Å². The van der Waals surface area contributed by atoms with E-state index >= 15 is 0 Å². The van der Waals surface area contributed by atoms with Crippen LogP contribution in [0.5, 0.6) is 11.5 Å². The molecule has 2 aromatic rings. The van der Waals surface area contributed by atoms with Crippen LogP contribution >= 0.6 is 0 Å². The van der Waals surface area contributed by atoms with Crippen LogP contribution in [0.1, 0.15) is 23.5 Å². The molecule has 0 fully saturated rings. The van der Waals surface area contributed by atoms with Gasteiger partial charge in [-0.3, -0.25) is 4.79 Å². The largest absolute Gasteiger partial charge is 0.493 e. The highest BCUT2D eigenvalue weighted by atomic mass is 16.5. The molecule has 1 N–H and O–H groups in total. The van der Waals surface area contributed by atoms with E-state index in [0.717, 1.165) is 12.2 Å². The lowest BCUT2D eigenvalue weighted by atomic mass is 9.93. The third-order valence-corrected chi connectivity index (χ3v) is 4.02. The van der Waals surface area contributed by atoms with Crippen LogP contribution in [0, 0.1) is 6.92 Å². The maximum atomic E-state index is 12.0. The summed E-state index contributed by atoms with van der Waals surface area (Å²) >= 11 is 0. The normalized spacial score (nSPS) is 16.1. The summed E-state index contributed by atoms with van der Waals surface area (Å²) in [5, 5.41) is 2.96. The van der Waals surface area contributed by atoms with Gasteiger partial charge in [-0.1, -0.05) is 35.9 Å². The highest BCUT2D eigenvalue weighted by Crippen LogP contribution is 2.32. The molecule has 4 heteroatoms. The van der Waals surface area contributed by atoms with Crippen LogP contribution in [0.25, 0.3) is 0 Å². The average molecular weight is 311 g/mol. The summed E-state index contributed by atoms with van der Waals surface area (Å²) in [6, 6.07) is 15.7. The first-order chi connectivity index (χ1) is 11.2. The molecule has 1 amide bonds. The fourth-order valence-electron chi connectivity index (χ4n) is 2.70. The zero-order valence-electron chi connectivity index (χ0n) is 13.2. The van der Waals surface area contributed by atoms with E-state index in [0.29, 0.717) is 24.8 Å². The number of para-hydroxylation sites is 1. The van der Waals surface area contributed by atoms with Crippen molar-refractivity contribution >= 4 is 5.91 Å². The number of rotatable bonds is 5. The van der Waals surface area contributed by atoms with Crippen LogP contribution in [0.3, 0.4) is 0 Å². The number of hydrogen-bond donors (Lipinski definition) is 1. The van der Waals surface area contributed by atoms with Gasteiger partial charge < -0.3 is 14.8 Å². The smallest absolute Gasteiger partial charge is 0.257 e. The minimum absolute atomic E-state index is 0.0356. The predicted octanol–water partition coefficient (Wildman–Crippen LogP) is 3.06. The van der Waals surface area contributed by atoms with E-state index in [2.05, 4.69) is 11.4 Å². The topological polar surface area (TPSA) is 47.6 Å². The lowest BCUT2D eigenvalue weighted by Crippen LogP contribution is -2.34. The summed E-state index contributed by atoms with van der Waals surface area (Å²) in [6.07, 6.45) is 0.913. The molecule has 3 rings (SSSR count). The van der Waals surface area contributed by atoms with Crippen molar-refractivity contribution in [2.75, 3.05) is 19.8 Å². The number of carbonyl (C=O) groups is 1. The molecule has 0 spiro atoms. The third-order valence-electron chi connectivity index (χ3n) is 4.02. The molecular weight excluding hydrogens is 290 g/mol. The average Bonchev–Trinajstić information content (AvgIpc) is 2.59. The van der Waals surface area contributed by atoms with E-state index in [9.17, 15) is 4.79 Å². The summed E-state index contributed by atoms with van der Waals surface area (Å²) in [5.74, 6) is 1.83. The summed E-state index contributed by atoms with van der Waals surface area (Å²) in [6.45, 7) is 3.35. The van der Waals surface area contributed by atoms with Crippen molar-refractivity contribution < 1.29 is 14.3 Å². The molecule has 0 radical (unpaired) electrons. The Morgan fingerprint density at radius 3 is 2.83 bits per heavy atom. The fourth-order valence-corrected chi connectivity index (χ4v) is 2.70. The minimum atomic E-state index is -0.102. The van der Waals surface area contributed by atoms with Gasteiger partial charge >= 0.3 is 0 Å². The van der Waals surface area contributed by atoms with Crippen molar-refractivity contribution in [1.82, 2.24) is 5.32 Å². The third kappa shape index (κ3) is 4.03. The predicted molar refractivity (Wildman–Crippen MR) is 89.0 cm³/mol. The molecule has 4 nitrogen and oxygen atoms in total. The van der Waals surface area contributed by atoms with Gasteiger partial charge in [0.2, 0.25) is 0 Å². The van der Waals surface area contributed by atoms with Crippen LogP contribution in [0.15, 0.2) is 48.5 Å². The molecule has 1 aliphatic rings. The van der Waals surface area contributed by atoms with E-state index in [1.807, 2.05) is 49.4 Å². The molecule has 120 valence electrons. The summed E-state index contributed by atoms with van der Waals surface area (Å²) in [5.41, 5.74) is 2.33. The molecule has 1 atom stereocenters. The Balaban J connectivity index is 1.49. The molecule has 0 bridgehead atoms. The second-order valence-corrected chi connectivity index (χ2v) is 5.78. The van der Waals surface area contributed by atoms with Crippen LogP contribution in [-0.4, -0.2) is 25.7 Å². The Morgan fingerprint density at radius 2 is 2.00 bits per heavy atom. The molecule has 1 aliphatic heterocycles. The Labute approximate surface area is 136 Å². The van der Waals surface area contributed by atoms with Crippen molar-refractivity contribution in [3.63, 3.8) is 0 Å². The number of aryl methyl sites for hydroxylation is 1. The maximum Gasteiger partial charge on any atom is 0.257 e. The van der Waals surface area contributed by atoms with E-state index in [1.54, 1.807) is 0 Å². The van der Waals surface area contributed by atoms with Crippen molar-refractivity contribution in [1.29, 1.82) is 0 Å². The first-order valence-electron chi connectivity index (χ1n) is 7.90. The Kier molecular flexibility index (Phi) is 4.81. The summed E-state index contributed by atoms with van der Waals surface area (Å²) in [7, 11) is 0. The maximum absolute atomic E-state index is 12.0. The molecule has 2 aromatic carbocycles. The van der Waals surface area contributed by atoms with Gasteiger partial charge in [-0.2, -0.15) is 0 Å². The van der Waals surface area contributed by atoms with Gasteiger partial charge in [0.25, 0.3) is 5.91 Å². The summed E-state index contributed by atoms with van der Waals surface area (Å²) < 4.78 is 11.1. The Morgan fingerprint density at radius 1 is 1.22 bits per heavy atom. The molecule has 0 saturated carbocycles. The monoisotopic (exact) mass is 311 g/mol. The first kappa shape index (κ1) is 15.4. The SMILES string of the molecule is Cc1ccc(OCC(=O)NCC2CCOc3ccccc32)cc1. The standard InChI is InChI=1S/C19H21NO3/c1-14-6-8-16(9-7-14)23-13-19(21)20-12-15-10-11-22-18-5-3-2-4-17(15)18/h2-9,15H,10-13H2,1H3,(H,20,21). The molecule has 23 heavy (non-hydrogen) atoms. The lowest BCUT2D eigenvalue weighted by molar-refractivity contribution is -0.123. The van der Waals surface area contributed by atoms with Crippen LogP contribution in [0.2, 0.25) is 0 Å². The summed E-state index contributed by atoms with van der Waals surface area (Å²) in [4.78, 5) is 12.0. The van der Waals surface area contributed by atoms with Gasteiger partial charge in [0.15, 0.2) is 6.61 Å². The minimum Gasteiger partial charge on any atom is -0.493 e. The first-order valence-corrected chi connectivity index (χ1v) is 7.90. The van der Waals surface area contributed by atoms with Crippen LogP contribution in [0.4, 0.5) is 0 Å². The van der Waals surface area contributed by atoms with E-state index in [4.69, 9.17) is 9.47 Å².